The monoisotopic (exact) mass is 269 g/mol. The number of thiophene rings is 1. The van der Waals surface area contributed by atoms with Crippen LogP contribution in [0.5, 0.6) is 0 Å². The Morgan fingerprint density at radius 2 is 2.35 bits per heavy atom. The summed E-state index contributed by atoms with van der Waals surface area (Å²) in [5.41, 5.74) is 6.64. The smallest absolute Gasteiger partial charge is 0.260 e. The Hall–Kier alpha value is -1.01. The van der Waals surface area contributed by atoms with Crippen molar-refractivity contribution in [1.82, 2.24) is 10.1 Å². The van der Waals surface area contributed by atoms with Crippen LogP contribution in [0.25, 0.3) is 11.5 Å². The highest BCUT2D eigenvalue weighted by Gasteiger charge is 2.12. The number of nitrogens with two attached hydrogens (primary N) is 1. The topological polar surface area (TPSA) is 64.9 Å². The molecule has 0 saturated heterocycles. The highest BCUT2D eigenvalue weighted by Crippen LogP contribution is 2.29. The first-order chi connectivity index (χ1) is 8.16. The summed E-state index contributed by atoms with van der Waals surface area (Å²) in [4.78, 5) is 4.34. The fourth-order valence-corrected chi connectivity index (χ4v) is 2.83. The van der Waals surface area contributed by atoms with Crippen molar-refractivity contribution < 1.29 is 4.52 Å². The predicted molar refractivity (Wildman–Crippen MR) is 73.0 cm³/mol. The first-order valence-electron chi connectivity index (χ1n) is 5.40. The maximum atomic E-state index is 5.81. The number of aromatic nitrogens is 2. The van der Waals surface area contributed by atoms with Crippen molar-refractivity contribution in [2.45, 2.75) is 19.6 Å². The Morgan fingerprint density at radius 1 is 1.53 bits per heavy atom. The second-order valence-corrected chi connectivity index (χ2v) is 6.10. The van der Waals surface area contributed by atoms with E-state index in [2.05, 4.69) is 24.0 Å². The molecule has 2 rings (SSSR count). The van der Waals surface area contributed by atoms with Crippen molar-refractivity contribution in [3.05, 3.63) is 17.3 Å². The maximum Gasteiger partial charge on any atom is 0.260 e. The van der Waals surface area contributed by atoms with Crippen LogP contribution in [0.15, 0.2) is 16.0 Å². The van der Waals surface area contributed by atoms with Gasteiger partial charge in [0, 0.05) is 0 Å². The number of thioether (sulfide) groups is 1. The van der Waals surface area contributed by atoms with E-state index in [1.807, 2.05) is 23.2 Å². The van der Waals surface area contributed by atoms with Gasteiger partial charge in [-0.1, -0.05) is 19.0 Å². The SMILES string of the molecule is CC(C)CSCc1noc(-c2ccsc2N)n1. The molecule has 6 heteroatoms. The molecule has 17 heavy (non-hydrogen) atoms. The van der Waals surface area contributed by atoms with Crippen molar-refractivity contribution in [2.75, 3.05) is 11.5 Å². The van der Waals surface area contributed by atoms with Gasteiger partial charge in [-0.25, -0.2) is 0 Å². The van der Waals surface area contributed by atoms with Crippen LogP contribution in [-0.2, 0) is 5.75 Å². The molecule has 0 radical (unpaired) electrons. The molecule has 0 atom stereocenters. The lowest BCUT2D eigenvalue weighted by Crippen LogP contribution is -1.92. The van der Waals surface area contributed by atoms with Gasteiger partial charge in [-0.15, -0.1) is 11.3 Å². The van der Waals surface area contributed by atoms with E-state index in [0.717, 1.165) is 27.9 Å². The van der Waals surface area contributed by atoms with Crippen molar-refractivity contribution >= 4 is 28.1 Å². The molecule has 0 bridgehead atoms. The second kappa shape index (κ2) is 5.55. The largest absolute Gasteiger partial charge is 0.390 e. The minimum atomic E-state index is 0.517. The lowest BCUT2D eigenvalue weighted by atomic mass is 10.3. The Balaban J connectivity index is 1.99. The zero-order valence-corrected chi connectivity index (χ0v) is 11.5. The molecule has 0 aliphatic carbocycles. The molecule has 4 nitrogen and oxygen atoms in total. The highest BCUT2D eigenvalue weighted by atomic mass is 32.2. The van der Waals surface area contributed by atoms with Crippen molar-refractivity contribution in [3.8, 4) is 11.5 Å². The summed E-state index contributed by atoms with van der Waals surface area (Å²) < 4.78 is 5.20. The summed E-state index contributed by atoms with van der Waals surface area (Å²) in [7, 11) is 0. The molecular weight excluding hydrogens is 254 g/mol. The molecule has 0 amide bonds. The third kappa shape index (κ3) is 3.23. The average molecular weight is 269 g/mol. The Labute approximate surface area is 109 Å². The van der Waals surface area contributed by atoms with Gasteiger partial charge >= 0.3 is 0 Å². The van der Waals surface area contributed by atoms with Crippen LogP contribution in [0.3, 0.4) is 0 Å². The van der Waals surface area contributed by atoms with Gasteiger partial charge in [0.25, 0.3) is 5.89 Å². The van der Waals surface area contributed by atoms with E-state index in [1.165, 1.54) is 11.3 Å². The number of nitrogens with zero attached hydrogens (tertiary/aromatic N) is 2. The number of anilines is 1. The zero-order valence-electron chi connectivity index (χ0n) is 9.84. The standard InChI is InChI=1S/C11H15N3OS2/c1-7(2)5-16-6-9-13-11(15-14-9)8-3-4-17-10(8)12/h3-4,7H,5-6,12H2,1-2H3. The number of rotatable bonds is 5. The first kappa shape index (κ1) is 12.4. The van der Waals surface area contributed by atoms with E-state index in [0.29, 0.717) is 11.8 Å². The van der Waals surface area contributed by atoms with Gasteiger partial charge in [0.05, 0.1) is 16.3 Å². The van der Waals surface area contributed by atoms with Gasteiger partial charge in [-0.2, -0.15) is 16.7 Å². The van der Waals surface area contributed by atoms with E-state index >= 15 is 0 Å². The summed E-state index contributed by atoms with van der Waals surface area (Å²) >= 11 is 3.29. The molecule has 0 fully saturated rings. The fraction of sp³-hybridized carbons (Fsp3) is 0.455. The van der Waals surface area contributed by atoms with E-state index in [9.17, 15) is 0 Å². The molecule has 0 aromatic carbocycles. The predicted octanol–water partition coefficient (Wildman–Crippen LogP) is 3.27. The summed E-state index contributed by atoms with van der Waals surface area (Å²) in [6, 6.07) is 1.90. The Bertz CT molecular complexity index is 479. The molecule has 2 heterocycles. The van der Waals surface area contributed by atoms with Gasteiger partial charge in [0.15, 0.2) is 5.82 Å². The van der Waals surface area contributed by atoms with Crippen LogP contribution in [0.1, 0.15) is 19.7 Å². The summed E-state index contributed by atoms with van der Waals surface area (Å²) in [6.07, 6.45) is 0. The zero-order chi connectivity index (χ0) is 12.3. The van der Waals surface area contributed by atoms with Crippen LogP contribution in [0.2, 0.25) is 0 Å². The third-order valence-electron chi connectivity index (χ3n) is 2.08. The van der Waals surface area contributed by atoms with Gasteiger partial charge in [-0.3, -0.25) is 0 Å². The van der Waals surface area contributed by atoms with E-state index in [4.69, 9.17) is 10.3 Å². The molecule has 0 unspecified atom stereocenters. The third-order valence-corrected chi connectivity index (χ3v) is 4.19. The summed E-state index contributed by atoms with van der Waals surface area (Å²) in [6.45, 7) is 4.39. The van der Waals surface area contributed by atoms with E-state index in [1.54, 1.807) is 0 Å². The lowest BCUT2D eigenvalue weighted by molar-refractivity contribution is 0.425. The summed E-state index contributed by atoms with van der Waals surface area (Å²) in [5.74, 6) is 3.81. The minimum absolute atomic E-state index is 0.517. The van der Waals surface area contributed by atoms with Gasteiger partial charge in [0.2, 0.25) is 0 Å². The summed E-state index contributed by atoms with van der Waals surface area (Å²) in [5, 5.41) is 6.59. The Morgan fingerprint density at radius 3 is 3.00 bits per heavy atom. The number of nitrogen functional groups attached to an aromatic ring is 1. The van der Waals surface area contributed by atoms with Crippen molar-refractivity contribution in [1.29, 1.82) is 0 Å². The molecule has 0 aliphatic rings. The maximum absolute atomic E-state index is 5.81. The van der Waals surface area contributed by atoms with Crippen LogP contribution in [0.4, 0.5) is 5.00 Å². The van der Waals surface area contributed by atoms with Crippen LogP contribution in [0, 0.1) is 5.92 Å². The molecular formula is C11H15N3OS2. The van der Waals surface area contributed by atoms with Gasteiger partial charge in [-0.05, 0) is 23.1 Å². The van der Waals surface area contributed by atoms with Gasteiger partial charge < -0.3 is 10.3 Å². The van der Waals surface area contributed by atoms with E-state index in [-0.39, 0.29) is 0 Å². The highest BCUT2D eigenvalue weighted by molar-refractivity contribution is 7.98. The molecule has 92 valence electrons. The molecule has 0 saturated carbocycles. The van der Waals surface area contributed by atoms with Crippen molar-refractivity contribution in [2.24, 2.45) is 5.92 Å². The molecule has 2 aromatic heterocycles. The second-order valence-electron chi connectivity index (χ2n) is 4.12. The fourth-order valence-electron chi connectivity index (χ4n) is 1.31. The normalized spacial score (nSPS) is 11.2. The van der Waals surface area contributed by atoms with E-state index < -0.39 is 0 Å². The van der Waals surface area contributed by atoms with Crippen molar-refractivity contribution in [3.63, 3.8) is 0 Å². The molecule has 0 aliphatic heterocycles. The average Bonchev–Trinajstić information content (AvgIpc) is 2.86. The minimum Gasteiger partial charge on any atom is -0.390 e. The molecule has 2 N–H and O–H groups in total. The number of hydrogen-bond acceptors (Lipinski definition) is 6. The molecule has 2 aromatic rings. The quantitative estimate of drug-likeness (QED) is 0.902. The lowest BCUT2D eigenvalue weighted by Gasteiger charge is -2.00. The van der Waals surface area contributed by atoms with Crippen LogP contribution in [-0.4, -0.2) is 15.9 Å². The van der Waals surface area contributed by atoms with Gasteiger partial charge in [0.1, 0.15) is 0 Å². The molecule has 0 spiro atoms. The Kier molecular flexibility index (Phi) is 4.06. The van der Waals surface area contributed by atoms with Crippen LogP contribution >= 0.6 is 23.1 Å². The number of hydrogen-bond donors (Lipinski definition) is 1. The van der Waals surface area contributed by atoms with Crippen LogP contribution < -0.4 is 5.73 Å². The first-order valence-corrected chi connectivity index (χ1v) is 7.44.